The van der Waals surface area contributed by atoms with Gasteiger partial charge in [0.05, 0.1) is 12.4 Å². The van der Waals surface area contributed by atoms with Gasteiger partial charge < -0.3 is 5.73 Å². The molecule has 14 heavy (non-hydrogen) atoms. The van der Waals surface area contributed by atoms with Crippen LogP contribution in [-0.4, -0.2) is 12.4 Å². The molecule has 0 atom stereocenters. The Morgan fingerprint density at radius 1 is 1.43 bits per heavy atom. The van der Waals surface area contributed by atoms with Gasteiger partial charge in [0, 0.05) is 0 Å². The number of rotatable bonds is 5. The van der Waals surface area contributed by atoms with Gasteiger partial charge in [-0.3, -0.25) is 4.99 Å². The first-order valence-corrected chi connectivity index (χ1v) is 4.89. The fourth-order valence-electron chi connectivity index (χ4n) is 1.17. The van der Waals surface area contributed by atoms with E-state index in [4.69, 9.17) is 5.73 Å². The van der Waals surface area contributed by atoms with Crippen LogP contribution in [0.1, 0.15) is 27.2 Å². The molecular weight excluding hydrogens is 172 g/mol. The standard InChI is InChI=1S/C12H20N2/c1-5-8-12(9-14-10(4)13)11(6-2)7-3/h5-6,8H,2,7,9H2,1,3-4H3,(H2,13,14)/b8-5-,12-11-. The van der Waals surface area contributed by atoms with E-state index < -0.39 is 0 Å². The molecule has 0 saturated heterocycles. The van der Waals surface area contributed by atoms with Crippen molar-refractivity contribution in [2.24, 2.45) is 10.7 Å². The second-order valence-electron chi connectivity index (χ2n) is 3.07. The molecule has 2 nitrogen and oxygen atoms in total. The quantitative estimate of drug-likeness (QED) is 0.406. The van der Waals surface area contributed by atoms with Crippen molar-refractivity contribution in [3.8, 4) is 0 Å². The Morgan fingerprint density at radius 3 is 2.43 bits per heavy atom. The zero-order chi connectivity index (χ0) is 11.0. The highest BCUT2D eigenvalue weighted by Gasteiger charge is 1.97. The van der Waals surface area contributed by atoms with Crippen molar-refractivity contribution in [2.75, 3.05) is 6.54 Å². The van der Waals surface area contributed by atoms with E-state index in [1.165, 1.54) is 11.1 Å². The maximum Gasteiger partial charge on any atom is 0.0909 e. The van der Waals surface area contributed by atoms with Gasteiger partial charge in [0.15, 0.2) is 0 Å². The molecule has 0 aromatic carbocycles. The van der Waals surface area contributed by atoms with E-state index in [1.54, 1.807) is 6.92 Å². The van der Waals surface area contributed by atoms with E-state index in [1.807, 2.05) is 19.1 Å². The Kier molecular flexibility index (Phi) is 6.46. The summed E-state index contributed by atoms with van der Waals surface area (Å²) in [5, 5.41) is 0. The van der Waals surface area contributed by atoms with Gasteiger partial charge >= 0.3 is 0 Å². The highest BCUT2D eigenvalue weighted by atomic mass is 14.8. The molecule has 78 valence electrons. The lowest BCUT2D eigenvalue weighted by molar-refractivity contribution is 1.07. The second-order valence-corrected chi connectivity index (χ2v) is 3.07. The summed E-state index contributed by atoms with van der Waals surface area (Å²) in [6.07, 6.45) is 6.93. The second kappa shape index (κ2) is 7.13. The van der Waals surface area contributed by atoms with Gasteiger partial charge in [-0.15, -0.1) is 0 Å². The van der Waals surface area contributed by atoms with Crippen molar-refractivity contribution < 1.29 is 0 Å². The summed E-state index contributed by atoms with van der Waals surface area (Å²) >= 11 is 0. The van der Waals surface area contributed by atoms with Crippen molar-refractivity contribution >= 4 is 5.84 Å². The number of nitrogens with two attached hydrogens (primary N) is 1. The first-order chi connectivity index (χ1) is 6.65. The summed E-state index contributed by atoms with van der Waals surface area (Å²) < 4.78 is 0. The molecule has 0 saturated carbocycles. The number of nitrogens with zero attached hydrogens (tertiary/aromatic N) is 1. The van der Waals surface area contributed by atoms with Gasteiger partial charge in [0.25, 0.3) is 0 Å². The number of hydrogen-bond donors (Lipinski definition) is 1. The predicted molar refractivity (Wildman–Crippen MR) is 64.5 cm³/mol. The van der Waals surface area contributed by atoms with Crippen LogP contribution in [0.4, 0.5) is 0 Å². The maximum absolute atomic E-state index is 5.50. The molecule has 0 rings (SSSR count). The number of aliphatic imine (C=N–C) groups is 1. The van der Waals surface area contributed by atoms with Crippen LogP contribution >= 0.6 is 0 Å². The number of allylic oxidation sites excluding steroid dienone is 3. The fourth-order valence-corrected chi connectivity index (χ4v) is 1.17. The lowest BCUT2D eigenvalue weighted by Crippen LogP contribution is -2.06. The topological polar surface area (TPSA) is 38.4 Å². The molecule has 0 unspecified atom stereocenters. The molecule has 0 aliphatic rings. The van der Waals surface area contributed by atoms with E-state index >= 15 is 0 Å². The van der Waals surface area contributed by atoms with Gasteiger partial charge in [-0.1, -0.05) is 31.7 Å². The lowest BCUT2D eigenvalue weighted by Gasteiger charge is -2.04. The maximum atomic E-state index is 5.50. The molecular formula is C12H20N2. The number of hydrogen-bond acceptors (Lipinski definition) is 1. The predicted octanol–water partition coefficient (Wildman–Crippen LogP) is 2.83. The fraction of sp³-hybridized carbons (Fsp3) is 0.417. The summed E-state index contributed by atoms with van der Waals surface area (Å²) in [4.78, 5) is 4.20. The first kappa shape index (κ1) is 12.7. The molecule has 0 amide bonds. The average molecular weight is 192 g/mol. The monoisotopic (exact) mass is 192 g/mol. The molecule has 2 N–H and O–H groups in total. The SMILES string of the molecule is C=C/C(CC)=C(\C=C/C)CN=C(C)N. The van der Waals surface area contributed by atoms with Crippen molar-refractivity contribution in [1.29, 1.82) is 0 Å². The minimum atomic E-state index is 0.617. The third-order valence-corrected chi connectivity index (χ3v) is 1.91. The van der Waals surface area contributed by atoms with E-state index in [2.05, 4.69) is 24.6 Å². The van der Waals surface area contributed by atoms with Gasteiger partial charge in [-0.05, 0) is 31.4 Å². The summed E-state index contributed by atoms with van der Waals surface area (Å²) in [7, 11) is 0. The minimum absolute atomic E-state index is 0.617. The van der Waals surface area contributed by atoms with Crippen molar-refractivity contribution in [3.05, 3.63) is 36.0 Å². The molecule has 2 heteroatoms. The largest absolute Gasteiger partial charge is 0.388 e. The molecule has 0 heterocycles. The smallest absolute Gasteiger partial charge is 0.0909 e. The summed E-state index contributed by atoms with van der Waals surface area (Å²) in [5.41, 5.74) is 7.92. The van der Waals surface area contributed by atoms with Crippen LogP contribution in [0.15, 0.2) is 40.9 Å². The van der Waals surface area contributed by atoms with Gasteiger partial charge in [-0.25, -0.2) is 0 Å². The third kappa shape index (κ3) is 4.65. The Labute approximate surface area is 86.9 Å². The Morgan fingerprint density at radius 2 is 2.07 bits per heavy atom. The first-order valence-electron chi connectivity index (χ1n) is 4.89. The molecule has 0 radical (unpaired) electrons. The minimum Gasteiger partial charge on any atom is -0.388 e. The summed E-state index contributed by atoms with van der Waals surface area (Å²) in [6.45, 7) is 10.3. The molecule has 0 aromatic rings. The summed E-state index contributed by atoms with van der Waals surface area (Å²) in [6, 6.07) is 0. The lowest BCUT2D eigenvalue weighted by atomic mass is 10.1. The van der Waals surface area contributed by atoms with E-state index in [0.29, 0.717) is 12.4 Å². The van der Waals surface area contributed by atoms with Crippen LogP contribution < -0.4 is 5.73 Å². The molecule has 0 aromatic heterocycles. The van der Waals surface area contributed by atoms with Gasteiger partial charge in [0.1, 0.15) is 0 Å². The van der Waals surface area contributed by atoms with E-state index in [-0.39, 0.29) is 0 Å². The van der Waals surface area contributed by atoms with Crippen LogP contribution in [0.3, 0.4) is 0 Å². The Hall–Kier alpha value is -1.31. The van der Waals surface area contributed by atoms with Crippen LogP contribution in [0, 0.1) is 0 Å². The van der Waals surface area contributed by atoms with Crippen LogP contribution in [-0.2, 0) is 0 Å². The normalized spacial score (nSPS) is 14.4. The Bertz CT molecular complexity index is 266. The zero-order valence-electron chi connectivity index (χ0n) is 9.38. The van der Waals surface area contributed by atoms with Crippen LogP contribution in [0.2, 0.25) is 0 Å². The van der Waals surface area contributed by atoms with Crippen LogP contribution in [0.5, 0.6) is 0 Å². The van der Waals surface area contributed by atoms with E-state index in [9.17, 15) is 0 Å². The average Bonchev–Trinajstić information content (AvgIpc) is 2.15. The summed E-state index contributed by atoms with van der Waals surface area (Å²) in [5.74, 6) is 0.617. The molecule has 0 spiro atoms. The molecule has 0 fully saturated rings. The van der Waals surface area contributed by atoms with Crippen molar-refractivity contribution in [1.82, 2.24) is 0 Å². The zero-order valence-corrected chi connectivity index (χ0v) is 9.38. The molecule has 0 bridgehead atoms. The molecule has 0 aliphatic carbocycles. The van der Waals surface area contributed by atoms with Crippen molar-refractivity contribution in [2.45, 2.75) is 27.2 Å². The molecule has 0 aliphatic heterocycles. The van der Waals surface area contributed by atoms with Gasteiger partial charge in [-0.2, -0.15) is 0 Å². The highest BCUT2D eigenvalue weighted by molar-refractivity contribution is 5.77. The van der Waals surface area contributed by atoms with Gasteiger partial charge in [0.2, 0.25) is 0 Å². The van der Waals surface area contributed by atoms with Crippen LogP contribution in [0.25, 0.3) is 0 Å². The van der Waals surface area contributed by atoms with Crippen molar-refractivity contribution in [3.63, 3.8) is 0 Å². The number of amidine groups is 1. The third-order valence-electron chi connectivity index (χ3n) is 1.91. The highest BCUT2D eigenvalue weighted by Crippen LogP contribution is 2.11. The van der Waals surface area contributed by atoms with E-state index in [0.717, 1.165) is 6.42 Å². The Balaban J connectivity index is 4.83.